The van der Waals surface area contributed by atoms with Crippen LogP contribution in [0.4, 0.5) is 10.6 Å². The highest BCUT2D eigenvalue weighted by atomic mass is 35.5. The second-order valence-corrected chi connectivity index (χ2v) is 9.83. The Hall–Kier alpha value is -4.84. The Labute approximate surface area is 226 Å². The van der Waals surface area contributed by atoms with E-state index in [0.717, 1.165) is 16.9 Å². The first kappa shape index (κ1) is 23.3. The highest BCUT2D eigenvalue weighted by molar-refractivity contribution is 6.30. The van der Waals surface area contributed by atoms with Gasteiger partial charge >= 0.3 is 6.09 Å². The molecule has 0 radical (unpaired) electrons. The summed E-state index contributed by atoms with van der Waals surface area (Å²) in [7, 11) is 0. The first-order chi connectivity index (χ1) is 19.1. The molecule has 0 bridgehead atoms. The summed E-state index contributed by atoms with van der Waals surface area (Å²) >= 11 is 6.14. The molecule has 39 heavy (non-hydrogen) atoms. The number of tetrazole rings is 1. The van der Waals surface area contributed by atoms with Crippen molar-refractivity contribution in [2.75, 3.05) is 5.32 Å². The minimum atomic E-state index is -0.664. The summed E-state index contributed by atoms with van der Waals surface area (Å²) in [5.74, 6) is 1.02. The van der Waals surface area contributed by atoms with Crippen LogP contribution in [0.5, 0.6) is 0 Å². The molecule has 0 aliphatic heterocycles. The molecule has 1 aliphatic carbocycles. The minimum absolute atomic E-state index is 0.0435. The third-order valence-corrected chi connectivity index (χ3v) is 6.87. The fraction of sp³-hybridized carbons (Fsp3) is 0.192. The minimum Gasteiger partial charge on any atom is -0.444 e. The molecule has 5 heterocycles. The lowest BCUT2D eigenvalue weighted by atomic mass is 10.2. The molecule has 12 nitrogen and oxygen atoms in total. The van der Waals surface area contributed by atoms with Gasteiger partial charge in [-0.1, -0.05) is 17.7 Å². The van der Waals surface area contributed by atoms with Gasteiger partial charge in [0.15, 0.2) is 0 Å². The lowest BCUT2D eigenvalue weighted by Gasteiger charge is -2.11. The van der Waals surface area contributed by atoms with E-state index in [-0.39, 0.29) is 6.61 Å². The number of nitrogens with one attached hydrogen (secondary N) is 1. The highest BCUT2D eigenvalue weighted by Gasteiger charge is 2.23. The molecule has 7 rings (SSSR count). The number of ether oxygens (including phenoxy) is 1. The van der Waals surface area contributed by atoms with Gasteiger partial charge in [-0.05, 0) is 59.0 Å². The Morgan fingerprint density at radius 2 is 2.03 bits per heavy atom. The van der Waals surface area contributed by atoms with Crippen LogP contribution in [0, 0.1) is 0 Å². The molecule has 1 aliphatic rings. The number of anilines is 1. The number of fused-ring (bicyclic) bond motifs is 2. The van der Waals surface area contributed by atoms with Crippen molar-refractivity contribution in [3.63, 3.8) is 0 Å². The van der Waals surface area contributed by atoms with Crippen LogP contribution in [0.15, 0.2) is 67.6 Å². The SMILES string of the molecule is O=C(Nc1cc2c(cn1)ncn2Cc1cn2cc(C3CC3)ccc2n1)OCc1cc(Cl)ccc1-n1cnnn1. The van der Waals surface area contributed by atoms with Crippen LogP contribution >= 0.6 is 11.6 Å². The average Bonchev–Trinajstić information content (AvgIpc) is 3.30. The molecule has 1 aromatic carbocycles. The summed E-state index contributed by atoms with van der Waals surface area (Å²) in [6.45, 7) is 0.484. The standard InChI is InChI=1S/C26H21ClN10O2/c27-19-4-5-22(37-15-30-33-34-37)18(7-19)13-39-26(38)32-24-8-23-21(9-28-24)29-14-36(23)12-20-11-35-10-17(16-1-2-16)3-6-25(35)31-20/h3-11,14-16H,1-2,12-13H2,(H,28,32,38). The molecule has 1 amide bonds. The van der Waals surface area contributed by atoms with Crippen molar-refractivity contribution in [3.8, 4) is 5.69 Å². The number of hydrogen-bond donors (Lipinski definition) is 1. The van der Waals surface area contributed by atoms with Gasteiger partial charge in [0.25, 0.3) is 0 Å². The molecule has 13 heteroatoms. The van der Waals surface area contributed by atoms with Crippen LogP contribution in [0.3, 0.4) is 0 Å². The van der Waals surface area contributed by atoms with Gasteiger partial charge in [0.05, 0.1) is 36.0 Å². The van der Waals surface area contributed by atoms with Crippen molar-refractivity contribution >= 4 is 40.2 Å². The van der Waals surface area contributed by atoms with Crippen molar-refractivity contribution in [1.29, 1.82) is 0 Å². The van der Waals surface area contributed by atoms with Crippen molar-refractivity contribution in [2.45, 2.75) is 31.9 Å². The van der Waals surface area contributed by atoms with Gasteiger partial charge in [0.1, 0.15) is 29.9 Å². The second-order valence-electron chi connectivity index (χ2n) is 9.39. The molecular weight excluding hydrogens is 520 g/mol. The van der Waals surface area contributed by atoms with Gasteiger partial charge in [-0.3, -0.25) is 5.32 Å². The normalized spacial score (nSPS) is 13.3. The zero-order valence-corrected chi connectivity index (χ0v) is 21.2. The number of amides is 1. The third kappa shape index (κ3) is 4.77. The molecule has 6 aromatic rings. The van der Waals surface area contributed by atoms with E-state index in [1.807, 2.05) is 10.8 Å². The lowest BCUT2D eigenvalue weighted by Crippen LogP contribution is -2.15. The largest absolute Gasteiger partial charge is 0.444 e. The zero-order chi connectivity index (χ0) is 26.3. The number of carbonyl (C=O) groups is 1. The first-order valence-electron chi connectivity index (χ1n) is 12.3. The number of pyridine rings is 2. The van der Waals surface area contributed by atoms with Crippen LogP contribution < -0.4 is 5.32 Å². The first-order valence-corrected chi connectivity index (χ1v) is 12.7. The van der Waals surface area contributed by atoms with Crippen LogP contribution in [0.1, 0.15) is 35.6 Å². The van der Waals surface area contributed by atoms with Gasteiger partial charge in [0.2, 0.25) is 0 Å². The Balaban J connectivity index is 1.06. The van der Waals surface area contributed by atoms with E-state index in [1.54, 1.807) is 36.8 Å². The maximum atomic E-state index is 12.6. The van der Waals surface area contributed by atoms with E-state index in [9.17, 15) is 4.79 Å². The number of carbonyl (C=O) groups excluding carboxylic acids is 1. The number of imidazole rings is 2. The van der Waals surface area contributed by atoms with Gasteiger partial charge < -0.3 is 13.7 Å². The summed E-state index contributed by atoms with van der Waals surface area (Å²) in [5, 5.41) is 14.4. The van der Waals surface area contributed by atoms with Crippen LogP contribution in [0.2, 0.25) is 5.02 Å². The predicted octanol–water partition coefficient (Wildman–Crippen LogP) is 4.38. The molecular formula is C26H21ClN10O2. The number of rotatable bonds is 7. The maximum Gasteiger partial charge on any atom is 0.413 e. The molecule has 194 valence electrons. The summed E-state index contributed by atoms with van der Waals surface area (Å²) in [6.07, 6.45) is 10.9. The van der Waals surface area contributed by atoms with E-state index in [4.69, 9.17) is 21.3 Å². The number of nitrogens with zero attached hydrogens (tertiary/aromatic N) is 9. The van der Waals surface area contributed by atoms with Crippen molar-refractivity contribution in [2.24, 2.45) is 0 Å². The Kier molecular flexibility index (Phi) is 5.66. The van der Waals surface area contributed by atoms with E-state index in [2.05, 4.69) is 53.5 Å². The van der Waals surface area contributed by atoms with E-state index < -0.39 is 6.09 Å². The molecule has 1 saturated carbocycles. The summed E-state index contributed by atoms with van der Waals surface area (Å²) in [5.41, 5.74) is 5.99. The predicted molar refractivity (Wildman–Crippen MR) is 142 cm³/mol. The molecule has 0 atom stereocenters. The zero-order valence-electron chi connectivity index (χ0n) is 20.5. The summed E-state index contributed by atoms with van der Waals surface area (Å²) in [4.78, 5) is 26.1. The molecule has 5 aromatic heterocycles. The van der Waals surface area contributed by atoms with E-state index in [1.165, 1.54) is 29.4 Å². The maximum absolute atomic E-state index is 12.6. The number of benzene rings is 1. The van der Waals surface area contributed by atoms with Crippen LogP contribution in [-0.2, 0) is 17.9 Å². The molecule has 1 fully saturated rings. The smallest absolute Gasteiger partial charge is 0.413 e. The summed E-state index contributed by atoms with van der Waals surface area (Å²) in [6, 6.07) is 11.1. The third-order valence-electron chi connectivity index (χ3n) is 6.64. The van der Waals surface area contributed by atoms with Gasteiger partial charge in [0, 0.05) is 29.0 Å². The second kappa shape index (κ2) is 9.48. The number of halogens is 1. The monoisotopic (exact) mass is 540 g/mol. The van der Waals surface area contributed by atoms with E-state index in [0.29, 0.717) is 40.1 Å². The molecule has 0 spiro atoms. The topological polar surface area (TPSA) is 130 Å². The van der Waals surface area contributed by atoms with Crippen molar-refractivity contribution < 1.29 is 9.53 Å². The van der Waals surface area contributed by atoms with Crippen molar-refractivity contribution in [3.05, 3.63) is 89.5 Å². The van der Waals surface area contributed by atoms with Gasteiger partial charge in [-0.25, -0.2) is 24.4 Å². The Bertz CT molecular complexity index is 1820. The summed E-state index contributed by atoms with van der Waals surface area (Å²) < 4.78 is 11.0. The van der Waals surface area contributed by atoms with Gasteiger partial charge in [-0.2, -0.15) is 0 Å². The molecule has 0 saturated heterocycles. The quantitative estimate of drug-likeness (QED) is 0.316. The van der Waals surface area contributed by atoms with E-state index >= 15 is 0 Å². The number of hydrogen-bond acceptors (Lipinski definition) is 8. The van der Waals surface area contributed by atoms with Crippen LogP contribution in [-0.4, -0.2) is 50.2 Å². The Morgan fingerprint density at radius 3 is 2.87 bits per heavy atom. The van der Waals surface area contributed by atoms with Crippen LogP contribution in [0.25, 0.3) is 22.4 Å². The van der Waals surface area contributed by atoms with Gasteiger partial charge in [-0.15, -0.1) is 5.10 Å². The average molecular weight is 541 g/mol. The molecule has 1 N–H and O–H groups in total. The molecule has 0 unspecified atom stereocenters. The fourth-order valence-corrected chi connectivity index (χ4v) is 4.77. The lowest BCUT2D eigenvalue weighted by molar-refractivity contribution is 0.155. The number of aromatic nitrogens is 9. The fourth-order valence-electron chi connectivity index (χ4n) is 4.57. The Morgan fingerprint density at radius 1 is 1.10 bits per heavy atom. The highest BCUT2D eigenvalue weighted by Crippen LogP contribution is 2.39. The van der Waals surface area contributed by atoms with Crippen molar-refractivity contribution in [1.82, 2.24) is 44.1 Å².